The normalized spacial score (nSPS) is 10.5. The second kappa shape index (κ2) is 29.4. The average Bonchev–Trinajstić information content (AvgIpc) is 2.28. The summed E-state index contributed by atoms with van der Waals surface area (Å²) >= 11 is 0. The van der Waals surface area contributed by atoms with E-state index in [0.717, 1.165) is 12.8 Å². The quantitative estimate of drug-likeness (QED) is 0.687. The van der Waals surface area contributed by atoms with Crippen molar-refractivity contribution in [3.05, 3.63) is 0 Å². The minimum atomic E-state index is -0.417. The van der Waals surface area contributed by atoms with Crippen molar-refractivity contribution in [2.75, 3.05) is 6.61 Å². The first-order valence-electron chi connectivity index (χ1n) is 8.10. The first kappa shape index (κ1) is 33.9. The Bertz CT molecular complexity index is 133. The van der Waals surface area contributed by atoms with Crippen LogP contribution in [0.4, 0.5) is 0 Å². The van der Waals surface area contributed by atoms with Crippen LogP contribution in [0.25, 0.3) is 0 Å². The fourth-order valence-corrected chi connectivity index (χ4v) is 0.898. The van der Waals surface area contributed by atoms with Gasteiger partial charge in [0.2, 0.25) is 0 Å². The summed E-state index contributed by atoms with van der Waals surface area (Å²) in [7, 11) is 0. The van der Waals surface area contributed by atoms with Gasteiger partial charge in [0.25, 0.3) is 0 Å². The largest absolute Gasteiger partial charge is 3.00 e. The molecular formula is C17H39AlO4. The number of unbranched alkanes of at least 4 members (excludes halogenated alkanes) is 1. The Balaban J connectivity index is -0.0000000444. The minimum absolute atomic E-state index is 0. The predicted molar refractivity (Wildman–Crippen MR) is 90.4 cm³/mol. The third-order valence-electron chi connectivity index (χ3n) is 1.78. The van der Waals surface area contributed by atoms with Crippen LogP contribution >= 0.6 is 0 Å². The van der Waals surface area contributed by atoms with Gasteiger partial charge in [0.05, 0.1) is 0 Å². The summed E-state index contributed by atoms with van der Waals surface area (Å²) in [6, 6.07) is 0. The molecule has 0 amide bonds. The SMILES string of the molecule is CC(C)[O-].CC(C)[O-].CC(C)[O-].CCCCC(CC)C[O-].[Al+3].[H+]. The standard InChI is InChI=1S/C8H17O.3C3H7O.Al/c1-3-5-6-8(4-2)7-9;3*1-3(2)4;/h8H,3-7H2,1-2H3;3*3H,1-2H3;/q4*-1;+3/p+1. The van der Waals surface area contributed by atoms with Crippen LogP contribution in [-0.2, 0) is 0 Å². The topological polar surface area (TPSA) is 92.2 Å². The number of hydrogen-bond acceptors (Lipinski definition) is 4. The Morgan fingerprint density at radius 3 is 1.18 bits per heavy atom. The molecule has 0 saturated carbocycles. The minimum Gasteiger partial charge on any atom is -0.854 e. The molecule has 1 atom stereocenters. The maximum Gasteiger partial charge on any atom is 3.00 e. The Morgan fingerprint density at radius 2 is 1.05 bits per heavy atom. The van der Waals surface area contributed by atoms with Crippen molar-refractivity contribution in [3.8, 4) is 0 Å². The van der Waals surface area contributed by atoms with Crippen molar-refractivity contribution < 1.29 is 21.9 Å². The van der Waals surface area contributed by atoms with Crippen LogP contribution in [0.1, 0.15) is 82.5 Å². The third kappa shape index (κ3) is 109. The van der Waals surface area contributed by atoms with E-state index in [4.69, 9.17) is 0 Å². The van der Waals surface area contributed by atoms with E-state index in [1.165, 1.54) is 12.8 Å². The molecule has 0 aromatic rings. The second-order valence-electron chi connectivity index (χ2n) is 5.73. The summed E-state index contributed by atoms with van der Waals surface area (Å²) in [6.07, 6.45) is 3.39. The molecule has 0 bridgehead atoms. The maximum atomic E-state index is 10.4. The van der Waals surface area contributed by atoms with Gasteiger partial charge in [-0.05, 0) is 0 Å². The van der Waals surface area contributed by atoms with Gasteiger partial charge < -0.3 is 20.4 Å². The van der Waals surface area contributed by atoms with Crippen LogP contribution in [0.3, 0.4) is 0 Å². The average molecular weight is 334 g/mol. The Hall–Kier alpha value is 0.372. The van der Waals surface area contributed by atoms with Gasteiger partial charge in [0, 0.05) is 0 Å². The molecule has 0 spiro atoms. The Morgan fingerprint density at radius 1 is 0.773 bits per heavy atom. The van der Waals surface area contributed by atoms with E-state index in [0.29, 0.717) is 5.92 Å². The molecule has 0 aromatic carbocycles. The van der Waals surface area contributed by atoms with Crippen LogP contribution in [0, 0.1) is 5.92 Å². The van der Waals surface area contributed by atoms with Crippen molar-refractivity contribution in [1.82, 2.24) is 0 Å². The molecule has 0 aliphatic rings. The van der Waals surface area contributed by atoms with Gasteiger partial charge in [-0.2, -0.15) is 0 Å². The zero-order valence-electron chi connectivity index (χ0n) is 17.1. The van der Waals surface area contributed by atoms with E-state index in [1.807, 2.05) is 0 Å². The maximum absolute atomic E-state index is 10.4. The van der Waals surface area contributed by atoms with Crippen LogP contribution in [0.15, 0.2) is 0 Å². The van der Waals surface area contributed by atoms with Crippen molar-refractivity contribution >= 4 is 17.4 Å². The molecule has 0 aromatic heterocycles. The van der Waals surface area contributed by atoms with Crippen molar-refractivity contribution in [1.29, 1.82) is 0 Å². The summed E-state index contributed by atoms with van der Waals surface area (Å²) in [4.78, 5) is 0. The fourth-order valence-electron chi connectivity index (χ4n) is 0.898. The van der Waals surface area contributed by atoms with Gasteiger partial charge >= 0.3 is 18.8 Å². The molecular weight excluding hydrogens is 295 g/mol. The molecule has 134 valence electrons. The molecule has 0 aliphatic carbocycles. The molecule has 1 unspecified atom stereocenters. The van der Waals surface area contributed by atoms with Gasteiger partial charge in [-0.25, -0.2) is 0 Å². The van der Waals surface area contributed by atoms with Gasteiger partial charge in [-0.15, -0.1) is 24.9 Å². The van der Waals surface area contributed by atoms with Crippen LogP contribution in [0.2, 0.25) is 0 Å². The fraction of sp³-hybridized carbons (Fsp3) is 1.00. The predicted octanol–water partition coefficient (Wildman–Crippen LogP) is 0.560. The Kier molecular flexibility index (Phi) is 45.2. The summed E-state index contributed by atoms with van der Waals surface area (Å²) in [5.74, 6) is 0.449. The molecule has 0 N–H and O–H groups in total. The second-order valence-corrected chi connectivity index (χ2v) is 5.73. The van der Waals surface area contributed by atoms with Gasteiger partial charge in [0.15, 0.2) is 0 Å². The van der Waals surface area contributed by atoms with Gasteiger partial charge in [-0.1, -0.05) is 87.0 Å². The number of hydrogen-bond donors (Lipinski definition) is 0. The van der Waals surface area contributed by atoms with Crippen molar-refractivity contribution in [2.24, 2.45) is 5.92 Å². The smallest absolute Gasteiger partial charge is 0.854 e. The molecule has 0 rings (SSSR count). The molecule has 5 heteroatoms. The van der Waals surface area contributed by atoms with Crippen LogP contribution < -0.4 is 20.4 Å². The first-order chi connectivity index (χ1) is 9.54. The summed E-state index contributed by atoms with van der Waals surface area (Å²) in [5.41, 5.74) is 0. The van der Waals surface area contributed by atoms with Crippen molar-refractivity contribution in [3.63, 3.8) is 0 Å². The molecule has 0 saturated heterocycles. The van der Waals surface area contributed by atoms with E-state index in [9.17, 15) is 20.4 Å². The third-order valence-corrected chi connectivity index (χ3v) is 1.78. The van der Waals surface area contributed by atoms with E-state index in [-0.39, 0.29) is 25.4 Å². The molecule has 0 radical (unpaired) electrons. The number of rotatable bonds is 5. The first-order valence-corrected chi connectivity index (χ1v) is 8.10. The monoisotopic (exact) mass is 334 g/mol. The Labute approximate surface area is 151 Å². The molecule has 0 fully saturated rings. The molecule has 4 nitrogen and oxygen atoms in total. The summed E-state index contributed by atoms with van der Waals surface area (Å²) in [6.45, 7) is 14.0. The van der Waals surface area contributed by atoms with Gasteiger partial charge in [0.1, 0.15) is 0 Å². The van der Waals surface area contributed by atoms with Crippen molar-refractivity contribution in [2.45, 2.75) is 99.4 Å². The zero-order valence-corrected chi connectivity index (χ0v) is 17.2. The zero-order chi connectivity index (χ0) is 17.8. The van der Waals surface area contributed by atoms with E-state index >= 15 is 0 Å². The van der Waals surface area contributed by atoms with Gasteiger partial charge in [-0.3, -0.25) is 0 Å². The molecule has 22 heavy (non-hydrogen) atoms. The van der Waals surface area contributed by atoms with E-state index in [2.05, 4.69) is 13.8 Å². The summed E-state index contributed by atoms with van der Waals surface area (Å²) in [5, 5.41) is 39.0. The van der Waals surface area contributed by atoms with E-state index < -0.39 is 18.3 Å². The van der Waals surface area contributed by atoms with Crippen LogP contribution in [-0.4, -0.2) is 42.3 Å². The molecule has 0 aliphatic heterocycles. The summed E-state index contributed by atoms with van der Waals surface area (Å²) < 4.78 is 0. The van der Waals surface area contributed by atoms with E-state index in [1.54, 1.807) is 41.5 Å². The van der Waals surface area contributed by atoms with Crippen LogP contribution in [0.5, 0.6) is 0 Å². The molecule has 0 heterocycles.